The Balaban J connectivity index is 0.00000121. The molecular formula is C6H3F2NaO2S. The van der Waals surface area contributed by atoms with Crippen molar-refractivity contribution in [2.75, 3.05) is 0 Å². The van der Waals surface area contributed by atoms with Crippen LogP contribution in [0.25, 0.3) is 0 Å². The predicted molar refractivity (Wildman–Crippen MR) is 33.4 cm³/mol. The van der Waals surface area contributed by atoms with Crippen LogP contribution in [0.2, 0.25) is 0 Å². The topological polar surface area (TPSA) is 34.1 Å². The smallest absolute Gasteiger partial charge is 0.420 e. The Morgan fingerprint density at radius 1 is 1.17 bits per heavy atom. The number of rotatable bonds is 1. The van der Waals surface area contributed by atoms with E-state index in [2.05, 4.69) is 0 Å². The normalized spacial score (nSPS) is 9.58. The molecule has 1 aromatic rings. The van der Waals surface area contributed by atoms with Crippen molar-refractivity contribution >= 4 is 10.7 Å². The first-order chi connectivity index (χ1) is 5.11. The molecule has 0 radical (unpaired) electrons. The molecule has 0 spiro atoms. The van der Waals surface area contributed by atoms with Crippen molar-refractivity contribution in [3.8, 4) is 0 Å². The zero-order valence-electron chi connectivity index (χ0n) is 6.21. The van der Waals surface area contributed by atoms with Crippen LogP contribution in [0.4, 0.5) is 8.78 Å². The van der Waals surface area contributed by atoms with E-state index >= 15 is 0 Å². The SMILES string of the molecule is O=[S-](=O)c1cc(F)ccc1F.[Na+]. The summed E-state index contributed by atoms with van der Waals surface area (Å²) in [4.78, 5) is -0.648. The van der Waals surface area contributed by atoms with E-state index in [9.17, 15) is 17.2 Å². The Morgan fingerprint density at radius 3 is 2.17 bits per heavy atom. The molecule has 2 nitrogen and oxygen atoms in total. The molecule has 1 rings (SSSR count). The fraction of sp³-hybridized carbons (Fsp3) is 0. The van der Waals surface area contributed by atoms with Gasteiger partial charge in [-0.05, 0) is 33.8 Å². The largest absolute Gasteiger partial charge is 1.00 e. The Bertz CT molecular complexity index is 343. The van der Waals surface area contributed by atoms with Crippen molar-refractivity contribution in [3.63, 3.8) is 0 Å². The summed E-state index contributed by atoms with van der Waals surface area (Å²) in [5.74, 6) is -1.72. The maximum atomic E-state index is 12.5. The number of benzene rings is 1. The van der Waals surface area contributed by atoms with Crippen LogP contribution in [-0.2, 0) is 19.1 Å². The van der Waals surface area contributed by atoms with E-state index in [1.807, 2.05) is 0 Å². The van der Waals surface area contributed by atoms with Gasteiger partial charge in [0.05, 0.1) is 0 Å². The van der Waals surface area contributed by atoms with E-state index in [0.717, 1.165) is 12.1 Å². The van der Waals surface area contributed by atoms with E-state index in [1.54, 1.807) is 0 Å². The first-order valence-corrected chi connectivity index (χ1v) is 3.73. The molecule has 0 unspecified atom stereocenters. The van der Waals surface area contributed by atoms with Crippen LogP contribution in [0, 0.1) is 11.6 Å². The van der Waals surface area contributed by atoms with E-state index in [0.29, 0.717) is 6.07 Å². The Kier molecular flexibility index (Phi) is 4.92. The maximum absolute atomic E-state index is 12.5. The summed E-state index contributed by atoms with van der Waals surface area (Å²) < 4.78 is 45.1. The summed E-state index contributed by atoms with van der Waals surface area (Å²) in [5.41, 5.74) is 0. The molecule has 0 aliphatic carbocycles. The summed E-state index contributed by atoms with van der Waals surface area (Å²) in [5, 5.41) is 0. The first-order valence-electron chi connectivity index (χ1n) is 2.65. The summed E-state index contributed by atoms with van der Waals surface area (Å²) in [7, 11) is -2.72. The van der Waals surface area contributed by atoms with Crippen LogP contribution in [0.5, 0.6) is 0 Å². The Labute approximate surface area is 91.8 Å². The van der Waals surface area contributed by atoms with Crippen molar-refractivity contribution in [1.82, 2.24) is 0 Å². The standard InChI is InChI=1S/C6H3F2O2S.Na/c7-4-1-2-5(8)6(3-4)11(9)10;/h1-3H;/q-1;+1. The first kappa shape index (κ1) is 12.0. The third kappa shape index (κ3) is 2.82. The van der Waals surface area contributed by atoms with Gasteiger partial charge in [-0.3, -0.25) is 0 Å². The van der Waals surface area contributed by atoms with E-state index in [4.69, 9.17) is 0 Å². The van der Waals surface area contributed by atoms with Gasteiger partial charge in [0.25, 0.3) is 0 Å². The molecule has 1 aromatic carbocycles. The van der Waals surface area contributed by atoms with Crippen LogP contribution < -0.4 is 29.6 Å². The average Bonchev–Trinajstić information content (AvgIpc) is 1.94. The minimum Gasteiger partial charge on any atom is -0.420 e. The molecule has 0 N–H and O–H groups in total. The molecule has 0 aliphatic rings. The second kappa shape index (κ2) is 4.91. The molecular weight excluding hydrogens is 197 g/mol. The summed E-state index contributed by atoms with van der Waals surface area (Å²) >= 11 is 0. The van der Waals surface area contributed by atoms with Crippen LogP contribution in [-0.4, -0.2) is 0 Å². The Hall–Kier alpha value is 0.0300. The molecule has 12 heavy (non-hydrogen) atoms. The fourth-order valence-corrected chi connectivity index (χ4v) is 1.04. The van der Waals surface area contributed by atoms with Crippen molar-refractivity contribution < 1.29 is 46.8 Å². The van der Waals surface area contributed by atoms with Crippen LogP contribution >= 0.6 is 0 Å². The third-order valence-corrected chi connectivity index (χ3v) is 1.74. The zero-order valence-corrected chi connectivity index (χ0v) is 9.03. The van der Waals surface area contributed by atoms with Gasteiger partial charge in [0.15, 0.2) is 0 Å². The molecule has 0 amide bonds. The fourth-order valence-electron chi connectivity index (χ4n) is 0.605. The second-order valence-electron chi connectivity index (χ2n) is 1.81. The molecule has 0 aliphatic heterocycles. The van der Waals surface area contributed by atoms with Gasteiger partial charge in [-0.15, -0.1) is 0 Å². The maximum Gasteiger partial charge on any atom is 1.00 e. The molecule has 0 aromatic heterocycles. The zero-order chi connectivity index (χ0) is 8.43. The number of hydrogen-bond acceptors (Lipinski definition) is 3. The quantitative estimate of drug-likeness (QED) is 0.414. The minimum absolute atomic E-state index is 0. The molecule has 0 fully saturated rings. The van der Waals surface area contributed by atoms with Crippen LogP contribution in [0.3, 0.4) is 0 Å². The molecule has 0 atom stereocenters. The second-order valence-corrected chi connectivity index (χ2v) is 2.72. The van der Waals surface area contributed by atoms with Crippen molar-refractivity contribution in [2.45, 2.75) is 4.90 Å². The third-order valence-electron chi connectivity index (χ3n) is 1.07. The van der Waals surface area contributed by atoms with Gasteiger partial charge < -0.3 is 8.42 Å². The number of hydrogen-bond donors (Lipinski definition) is 0. The van der Waals surface area contributed by atoms with Crippen molar-refractivity contribution in [2.24, 2.45) is 0 Å². The van der Waals surface area contributed by atoms with Crippen molar-refractivity contribution in [3.05, 3.63) is 29.8 Å². The van der Waals surface area contributed by atoms with Gasteiger partial charge in [0.2, 0.25) is 0 Å². The minimum atomic E-state index is -2.72. The molecule has 6 heteroatoms. The van der Waals surface area contributed by atoms with Gasteiger partial charge in [-0.2, -0.15) is 0 Å². The average molecular weight is 200 g/mol. The van der Waals surface area contributed by atoms with Gasteiger partial charge in [-0.1, -0.05) is 0 Å². The molecule has 0 saturated heterocycles. The summed E-state index contributed by atoms with van der Waals surface area (Å²) in [6.45, 7) is 0. The van der Waals surface area contributed by atoms with E-state index in [-0.39, 0.29) is 29.6 Å². The number of halogens is 2. The van der Waals surface area contributed by atoms with Crippen molar-refractivity contribution in [1.29, 1.82) is 0 Å². The molecule has 60 valence electrons. The summed E-state index contributed by atoms with van der Waals surface area (Å²) in [6, 6.07) is 2.24. The van der Waals surface area contributed by atoms with E-state index < -0.39 is 27.2 Å². The summed E-state index contributed by atoms with van der Waals surface area (Å²) in [6.07, 6.45) is 0. The Morgan fingerprint density at radius 2 is 1.75 bits per heavy atom. The van der Waals surface area contributed by atoms with Gasteiger partial charge in [-0.25, -0.2) is 8.78 Å². The molecule has 0 saturated carbocycles. The molecule has 0 heterocycles. The van der Waals surface area contributed by atoms with Gasteiger partial charge in [0.1, 0.15) is 11.6 Å². The van der Waals surface area contributed by atoms with E-state index in [1.165, 1.54) is 0 Å². The monoisotopic (exact) mass is 200 g/mol. The van der Waals surface area contributed by atoms with Crippen LogP contribution in [0.1, 0.15) is 0 Å². The van der Waals surface area contributed by atoms with Crippen LogP contribution in [0.15, 0.2) is 23.1 Å². The van der Waals surface area contributed by atoms with Gasteiger partial charge in [0, 0.05) is 0 Å². The molecule has 0 bridgehead atoms. The van der Waals surface area contributed by atoms with Gasteiger partial charge >= 0.3 is 29.6 Å². The predicted octanol–water partition coefficient (Wildman–Crippen LogP) is -1.36.